The van der Waals surface area contributed by atoms with Gasteiger partial charge in [-0.3, -0.25) is 9.59 Å². The number of hydrogen-bond acceptors (Lipinski definition) is 16. The second kappa shape index (κ2) is 19.8. The number of carbonyl (C=O) groups is 2. The largest absolute Gasteiger partial charge is 0.484 e. The zero-order chi connectivity index (χ0) is 42.0. The lowest BCUT2D eigenvalue weighted by Gasteiger charge is -2.27. The third-order valence-corrected chi connectivity index (χ3v) is 9.95. The molecule has 0 saturated carbocycles. The van der Waals surface area contributed by atoms with E-state index in [1.165, 1.54) is 12.4 Å². The Morgan fingerprint density at radius 1 is 0.633 bits per heavy atom. The van der Waals surface area contributed by atoms with Crippen LogP contribution in [0, 0.1) is 13.8 Å². The number of carbonyl (C=O) groups excluding carboxylic acids is 2. The van der Waals surface area contributed by atoms with Crippen molar-refractivity contribution < 1.29 is 19.1 Å². The van der Waals surface area contributed by atoms with Crippen LogP contribution < -0.4 is 35.2 Å². The molecule has 0 unspecified atom stereocenters. The van der Waals surface area contributed by atoms with Crippen molar-refractivity contribution in [3.63, 3.8) is 0 Å². The van der Waals surface area contributed by atoms with Gasteiger partial charge >= 0.3 is 0 Å². The number of anilines is 4. The van der Waals surface area contributed by atoms with Gasteiger partial charge in [-0.1, -0.05) is 23.2 Å². The van der Waals surface area contributed by atoms with E-state index in [2.05, 4.69) is 77.6 Å². The molecular formula is C40H44Cl2N14O4. The van der Waals surface area contributed by atoms with Gasteiger partial charge in [-0.2, -0.15) is 9.97 Å². The molecule has 3 N–H and O–H groups in total. The fourth-order valence-corrected chi connectivity index (χ4v) is 6.54. The molecule has 20 heteroatoms. The van der Waals surface area contributed by atoms with E-state index in [1.54, 1.807) is 48.5 Å². The fraction of sp³-hybridized carbons (Fsp3) is 0.350. The Morgan fingerprint density at radius 2 is 1.10 bits per heavy atom. The number of halogens is 2. The Labute approximate surface area is 356 Å². The maximum absolute atomic E-state index is 12.2. The molecule has 60 heavy (non-hydrogen) atoms. The van der Waals surface area contributed by atoms with Crippen molar-refractivity contribution in [3.8, 4) is 11.5 Å². The molecule has 6 heterocycles. The Kier molecular flexibility index (Phi) is 13.9. The maximum atomic E-state index is 12.2. The Balaban J connectivity index is 0.000000182. The molecule has 0 spiro atoms. The SMILES string of the molecule is Cc1nc(N2CCCN(C)CC2)nc2ncc(NC(=O)COc3ccc(Cl)cc3)nc12.Cc1nc(N2CCNCC2)nc2ncc(NC(=O)COc3ccc(Cl)cc3)nc12. The van der Waals surface area contributed by atoms with Crippen molar-refractivity contribution in [2.45, 2.75) is 20.3 Å². The molecular weight excluding hydrogens is 811 g/mol. The molecule has 312 valence electrons. The number of piperazine rings is 1. The number of aryl methyl sites for hydroxylation is 2. The average molecular weight is 856 g/mol. The second-order valence-electron chi connectivity index (χ2n) is 14.0. The monoisotopic (exact) mass is 854 g/mol. The number of nitrogens with zero attached hydrogens (tertiary/aromatic N) is 11. The molecule has 18 nitrogen and oxygen atoms in total. The Hall–Kier alpha value is -6.08. The van der Waals surface area contributed by atoms with Gasteiger partial charge in [-0.25, -0.2) is 29.9 Å². The van der Waals surface area contributed by atoms with Gasteiger partial charge in [0.2, 0.25) is 11.9 Å². The topological polar surface area (TPSA) is 202 Å². The van der Waals surface area contributed by atoms with Crippen molar-refractivity contribution in [2.75, 3.05) is 93.1 Å². The molecule has 2 saturated heterocycles. The highest BCUT2D eigenvalue weighted by molar-refractivity contribution is 6.30. The highest BCUT2D eigenvalue weighted by atomic mass is 35.5. The number of aromatic nitrogens is 8. The van der Waals surface area contributed by atoms with E-state index in [1.807, 2.05) is 13.8 Å². The van der Waals surface area contributed by atoms with Crippen molar-refractivity contribution in [1.82, 2.24) is 50.1 Å². The molecule has 4 aromatic heterocycles. The van der Waals surface area contributed by atoms with Crippen LogP contribution in [0.4, 0.5) is 23.5 Å². The summed E-state index contributed by atoms with van der Waals surface area (Å²) in [4.78, 5) is 67.0. The molecule has 6 aromatic rings. The predicted molar refractivity (Wildman–Crippen MR) is 230 cm³/mol. The number of fused-ring (bicyclic) bond motifs is 2. The highest BCUT2D eigenvalue weighted by Gasteiger charge is 2.19. The average Bonchev–Trinajstić information content (AvgIpc) is 3.48. The quantitative estimate of drug-likeness (QED) is 0.175. The van der Waals surface area contributed by atoms with Crippen LogP contribution in [0.2, 0.25) is 10.0 Å². The summed E-state index contributed by atoms with van der Waals surface area (Å²) >= 11 is 11.7. The van der Waals surface area contributed by atoms with Gasteiger partial charge in [-0.05, 0) is 82.4 Å². The molecule has 0 atom stereocenters. The van der Waals surface area contributed by atoms with Gasteiger partial charge < -0.3 is 40.1 Å². The molecule has 8 rings (SSSR count). The maximum Gasteiger partial charge on any atom is 0.263 e. The first-order valence-corrected chi connectivity index (χ1v) is 20.1. The van der Waals surface area contributed by atoms with Gasteiger partial charge in [0.1, 0.15) is 22.5 Å². The van der Waals surface area contributed by atoms with Crippen LogP contribution in [0.3, 0.4) is 0 Å². The van der Waals surface area contributed by atoms with Gasteiger partial charge in [0.15, 0.2) is 36.1 Å². The molecule has 2 aliphatic rings. The van der Waals surface area contributed by atoms with E-state index in [0.29, 0.717) is 73.1 Å². The van der Waals surface area contributed by atoms with Gasteiger partial charge in [0, 0.05) is 55.9 Å². The zero-order valence-electron chi connectivity index (χ0n) is 33.4. The predicted octanol–water partition coefficient (Wildman–Crippen LogP) is 4.35. The smallest absolute Gasteiger partial charge is 0.263 e. The normalized spacial score (nSPS) is 14.6. The van der Waals surface area contributed by atoms with Crippen LogP contribution in [0.15, 0.2) is 60.9 Å². The minimum absolute atomic E-state index is 0.154. The molecule has 0 radical (unpaired) electrons. The van der Waals surface area contributed by atoms with Crippen molar-refractivity contribution >= 4 is 80.9 Å². The summed E-state index contributed by atoms with van der Waals surface area (Å²) in [5, 5.41) is 9.89. The summed E-state index contributed by atoms with van der Waals surface area (Å²) in [5.74, 6) is 2.40. The van der Waals surface area contributed by atoms with E-state index in [4.69, 9.17) is 32.7 Å². The molecule has 2 amide bonds. The lowest BCUT2D eigenvalue weighted by molar-refractivity contribution is -0.118. The van der Waals surface area contributed by atoms with E-state index in [-0.39, 0.29) is 25.0 Å². The summed E-state index contributed by atoms with van der Waals surface area (Å²) < 4.78 is 10.9. The van der Waals surface area contributed by atoms with E-state index in [0.717, 1.165) is 64.5 Å². The van der Waals surface area contributed by atoms with Crippen molar-refractivity contribution in [1.29, 1.82) is 0 Å². The molecule has 2 fully saturated rings. The van der Waals surface area contributed by atoms with Gasteiger partial charge in [0.25, 0.3) is 11.8 Å². The number of rotatable bonds is 10. The number of benzene rings is 2. The summed E-state index contributed by atoms with van der Waals surface area (Å²) in [7, 11) is 2.12. The molecule has 0 aliphatic carbocycles. The lowest BCUT2D eigenvalue weighted by atomic mass is 10.3. The van der Waals surface area contributed by atoms with Crippen LogP contribution in [0.1, 0.15) is 17.8 Å². The third kappa shape index (κ3) is 11.3. The number of amides is 2. The van der Waals surface area contributed by atoms with Crippen molar-refractivity contribution in [3.05, 3.63) is 82.4 Å². The second-order valence-corrected chi connectivity index (χ2v) is 14.9. The van der Waals surface area contributed by atoms with E-state index >= 15 is 0 Å². The first kappa shape index (κ1) is 42.1. The fourth-order valence-electron chi connectivity index (χ4n) is 6.29. The summed E-state index contributed by atoms with van der Waals surface area (Å²) in [5.41, 5.74) is 3.56. The van der Waals surface area contributed by atoms with Gasteiger partial charge in [-0.15, -0.1) is 0 Å². The van der Waals surface area contributed by atoms with Crippen LogP contribution in [-0.4, -0.2) is 129 Å². The first-order valence-electron chi connectivity index (χ1n) is 19.3. The number of hydrogen-bond donors (Lipinski definition) is 3. The number of ether oxygens (including phenoxy) is 2. The minimum Gasteiger partial charge on any atom is -0.484 e. The first-order chi connectivity index (χ1) is 29.1. The molecule has 2 aliphatic heterocycles. The Bertz CT molecular complexity index is 2440. The third-order valence-electron chi connectivity index (χ3n) is 9.44. The number of likely N-dealkylation sites (N-methyl/N-ethyl adjacent to an activating group) is 1. The lowest BCUT2D eigenvalue weighted by Crippen LogP contribution is -2.44. The summed E-state index contributed by atoms with van der Waals surface area (Å²) in [6.45, 7) is 10.7. The minimum atomic E-state index is -0.343. The number of nitrogens with one attached hydrogen (secondary N) is 3. The summed E-state index contributed by atoms with van der Waals surface area (Å²) in [6.07, 6.45) is 4.04. The van der Waals surface area contributed by atoms with Crippen LogP contribution in [-0.2, 0) is 9.59 Å². The zero-order valence-corrected chi connectivity index (χ0v) is 34.9. The summed E-state index contributed by atoms with van der Waals surface area (Å²) in [6, 6.07) is 13.6. The standard InChI is InChI=1S/C21H24ClN7O2.C19H20ClN7O2/c1-14-19-20(27-21(24-14)29-9-3-8-28(2)10-11-29)23-12-17(26-19)25-18(30)13-31-16-6-4-15(22)5-7-16;1-12-17-18(26-19(23-12)27-8-6-21-7-9-27)22-10-15(25-17)24-16(28)11-29-14-4-2-13(20)3-5-14/h4-7,12H,3,8-11,13H2,1-2H3,(H,25,26,30);2-5,10,21H,6-9,11H2,1H3,(H,24,25,28). The van der Waals surface area contributed by atoms with Crippen molar-refractivity contribution in [2.24, 2.45) is 0 Å². The molecule has 0 bridgehead atoms. The van der Waals surface area contributed by atoms with Gasteiger partial charge in [0.05, 0.1) is 23.8 Å². The van der Waals surface area contributed by atoms with E-state index < -0.39 is 0 Å². The van der Waals surface area contributed by atoms with E-state index in [9.17, 15) is 9.59 Å². The highest BCUT2D eigenvalue weighted by Crippen LogP contribution is 2.21. The van der Waals surface area contributed by atoms with Crippen LogP contribution in [0.25, 0.3) is 22.3 Å². The van der Waals surface area contributed by atoms with Crippen LogP contribution >= 0.6 is 23.2 Å². The Morgan fingerprint density at radius 3 is 1.58 bits per heavy atom. The van der Waals surface area contributed by atoms with Crippen LogP contribution in [0.5, 0.6) is 11.5 Å². The molecule has 2 aromatic carbocycles.